The number of methoxy groups -OCH3 is 1. The molecule has 1 aliphatic heterocycles. The van der Waals surface area contributed by atoms with Crippen molar-refractivity contribution in [3.8, 4) is 0 Å². The van der Waals surface area contributed by atoms with Gasteiger partial charge in [-0.25, -0.2) is 13.4 Å². The van der Waals surface area contributed by atoms with Crippen LogP contribution in [-0.2, 0) is 30.8 Å². The number of hydrogen-bond acceptors (Lipinski definition) is 6. The largest absolute Gasteiger partial charge is 0.468 e. The van der Waals surface area contributed by atoms with Crippen molar-refractivity contribution in [3.63, 3.8) is 0 Å². The summed E-state index contributed by atoms with van der Waals surface area (Å²) in [5, 5.41) is 0. The summed E-state index contributed by atoms with van der Waals surface area (Å²) in [5.74, 6) is -0.539. The number of carbonyl (C=O) groups is 2. The van der Waals surface area contributed by atoms with Gasteiger partial charge < -0.3 is 13.9 Å². The summed E-state index contributed by atoms with van der Waals surface area (Å²) in [5.41, 5.74) is 2.01. The molecule has 0 bridgehead atoms. The van der Waals surface area contributed by atoms with E-state index in [0.717, 1.165) is 30.5 Å². The molecule has 0 spiro atoms. The minimum absolute atomic E-state index is 0.0908. The molecule has 8 nitrogen and oxygen atoms in total. The first-order valence-electron chi connectivity index (χ1n) is 9.41. The Hall–Kier alpha value is -2.26. The normalized spacial score (nSPS) is 17.9. The Kier molecular flexibility index (Phi) is 6.14. The quantitative estimate of drug-likeness (QED) is 0.376. The van der Waals surface area contributed by atoms with Crippen LogP contribution in [0, 0.1) is 6.92 Å². The molecule has 1 aliphatic rings. The number of unbranched alkanes of at least 4 members (excludes halogenated alkanes) is 2. The lowest BCUT2D eigenvalue weighted by Gasteiger charge is -2.22. The molecule has 0 unspecified atom stereocenters. The number of ether oxygens (including phenoxy) is 1. The van der Waals surface area contributed by atoms with Crippen molar-refractivity contribution in [2.24, 2.45) is 0 Å². The predicted molar refractivity (Wildman–Crippen MR) is 102 cm³/mol. The van der Waals surface area contributed by atoms with Gasteiger partial charge in [0.05, 0.1) is 12.8 Å². The molecule has 0 radical (unpaired) electrons. The maximum Gasteiger partial charge on any atom is 0.324 e. The first-order valence-corrected chi connectivity index (χ1v) is 10.8. The van der Waals surface area contributed by atoms with E-state index in [1.54, 1.807) is 16.5 Å². The second kappa shape index (κ2) is 8.40. The van der Waals surface area contributed by atoms with E-state index in [2.05, 4.69) is 4.98 Å². The molecule has 1 fully saturated rings. The van der Waals surface area contributed by atoms with Gasteiger partial charge in [-0.1, -0.05) is 0 Å². The molecule has 0 amide bonds. The minimum atomic E-state index is -3.90. The molecule has 1 atom stereocenters. The lowest BCUT2D eigenvalue weighted by molar-refractivity contribution is -0.144. The summed E-state index contributed by atoms with van der Waals surface area (Å²) in [6.45, 7) is 2.16. The van der Waals surface area contributed by atoms with Gasteiger partial charge in [0.2, 0.25) is 10.0 Å². The van der Waals surface area contributed by atoms with Gasteiger partial charge in [0.1, 0.15) is 17.2 Å². The highest BCUT2D eigenvalue weighted by Crippen LogP contribution is 2.29. The number of nitrogens with zero attached hydrogens (tertiary/aromatic N) is 3. The van der Waals surface area contributed by atoms with Gasteiger partial charge in [0.15, 0.2) is 5.65 Å². The fourth-order valence-electron chi connectivity index (χ4n) is 3.60. The summed E-state index contributed by atoms with van der Waals surface area (Å²) in [7, 11) is -2.63. The smallest absolute Gasteiger partial charge is 0.324 e. The number of sulfonamides is 1. The van der Waals surface area contributed by atoms with Crippen LogP contribution in [0.25, 0.3) is 5.65 Å². The monoisotopic (exact) mass is 407 g/mol. The molecule has 0 aromatic carbocycles. The molecule has 152 valence electrons. The number of hydrogen-bond donors (Lipinski definition) is 0. The Bertz CT molecular complexity index is 983. The van der Waals surface area contributed by atoms with Crippen LogP contribution in [0.15, 0.2) is 23.2 Å². The van der Waals surface area contributed by atoms with E-state index >= 15 is 0 Å². The predicted octanol–water partition coefficient (Wildman–Crippen LogP) is 1.88. The maximum absolute atomic E-state index is 13.3. The third-order valence-electron chi connectivity index (χ3n) is 5.10. The van der Waals surface area contributed by atoms with Gasteiger partial charge in [-0.05, 0) is 51.2 Å². The zero-order valence-electron chi connectivity index (χ0n) is 16.1. The van der Waals surface area contributed by atoms with Gasteiger partial charge in [0.25, 0.3) is 0 Å². The van der Waals surface area contributed by atoms with Crippen LogP contribution >= 0.6 is 0 Å². The second-order valence-corrected chi connectivity index (χ2v) is 8.83. The number of carbonyl (C=O) groups excluding carboxylic acids is 2. The van der Waals surface area contributed by atoms with E-state index in [4.69, 9.17) is 4.74 Å². The molecular formula is C19H25N3O5S. The topological polar surface area (TPSA) is 98.0 Å². The van der Waals surface area contributed by atoms with E-state index in [-0.39, 0.29) is 11.4 Å². The van der Waals surface area contributed by atoms with Crippen molar-refractivity contribution in [2.75, 3.05) is 13.7 Å². The van der Waals surface area contributed by atoms with E-state index in [1.165, 1.54) is 11.4 Å². The van der Waals surface area contributed by atoms with E-state index in [9.17, 15) is 18.0 Å². The fourth-order valence-corrected chi connectivity index (χ4v) is 5.37. The van der Waals surface area contributed by atoms with Crippen LogP contribution in [0.2, 0.25) is 0 Å². The Balaban J connectivity index is 1.97. The van der Waals surface area contributed by atoms with Gasteiger partial charge in [-0.2, -0.15) is 4.31 Å². The summed E-state index contributed by atoms with van der Waals surface area (Å²) in [6.07, 6.45) is 6.55. The van der Waals surface area contributed by atoms with Crippen LogP contribution in [0.4, 0.5) is 0 Å². The number of pyridine rings is 1. The number of aldehydes is 1. The van der Waals surface area contributed by atoms with Crippen molar-refractivity contribution in [2.45, 2.75) is 56.4 Å². The molecule has 28 heavy (non-hydrogen) atoms. The number of aryl methyl sites for hydroxylation is 2. The van der Waals surface area contributed by atoms with Gasteiger partial charge in [0, 0.05) is 24.9 Å². The van der Waals surface area contributed by atoms with Crippen LogP contribution in [0.5, 0.6) is 0 Å². The first-order chi connectivity index (χ1) is 13.4. The molecule has 2 aromatic rings. The van der Waals surface area contributed by atoms with Crippen molar-refractivity contribution in [3.05, 3.63) is 29.7 Å². The fraction of sp³-hybridized carbons (Fsp3) is 0.526. The Labute approximate surface area is 164 Å². The van der Waals surface area contributed by atoms with E-state index in [0.29, 0.717) is 31.3 Å². The summed E-state index contributed by atoms with van der Waals surface area (Å²) in [6, 6.07) is 2.49. The van der Waals surface area contributed by atoms with Crippen molar-refractivity contribution in [1.29, 1.82) is 0 Å². The Morgan fingerprint density at radius 2 is 2.14 bits per heavy atom. The maximum atomic E-state index is 13.3. The highest BCUT2D eigenvalue weighted by atomic mass is 32.2. The highest BCUT2D eigenvalue weighted by molar-refractivity contribution is 7.89. The van der Waals surface area contributed by atoms with Crippen LogP contribution in [-0.4, -0.2) is 54.1 Å². The highest BCUT2D eigenvalue weighted by Gasteiger charge is 2.41. The summed E-state index contributed by atoms with van der Waals surface area (Å²) < 4.78 is 34.4. The number of fused-ring (bicyclic) bond motifs is 1. The average Bonchev–Trinajstić information content (AvgIpc) is 3.32. The van der Waals surface area contributed by atoms with Crippen molar-refractivity contribution in [1.82, 2.24) is 13.7 Å². The third-order valence-corrected chi connectivity index (χ3v) is 7.03. The van der Waals surface area contributed by atoms with Gasteiger partial charge in [-0.15, -0.1) is 0 Å². The SMILES string of the molecule is COC(=O)[C@@H]1CCCN1S(=O)(=O)c1ccc(C)n2cc(CCCCC=O)nc12. The standard InChI is InChI=1S/C19H25N3O5S/c1-14-9-10-17(18-20-15(13-21(14)18)7-4-3-5-12-23)28(25,26)22-11-6-8-16(22)19(24)27-2/h9-10,12-13,16H,3-8,11H2,1-2H3/t16-/m0/s1. The Morgan fingerprint density at radius 3 is 2.86 bits per heavy atom. The molecule has 1 saturated heterocycles. The first kappa shape index (κ1) is 20.5. The van der Waals surface area contributed by atoms with Gasteiger partial charge in [-0.3, -0.25) is 4.79 Å². The van der Waals surface area contributed by atoms with Crippen LogP contribution in [0.1, 0.15) is 43.5 Å². The lowest BCUT2D eigenvalue weighted by Crippen LogP contribution is -2.41. The molecule has 0 saturated carbocycles. The molecule has 9 heteroatoms. The third kappa shape index (κ3) is 3.81. The van der Waals surface area contributed by atoms with Crippen molar-refractivity contribution < 1.29 is 22.7 Å². The number of aromatic nitrogens is 2. The molecule has 3 rings (SSSR count). The molecule has 0 N–H and O–H groups in total. The van der Waals surface area contributed by atoms with E-state index in [1.807, 2.05) is 13.1 Å². The van der Waals surface area contributed by atoms with Crippen LogP contribution in [0.3, 0.4) is 0 Å². The van der Waals surface area contributed by atoms with E-state index < -0.39 is 22.0 Å². The van der Waals surface area contributed by atoms with Gasteiger partial charge >= 0.3 is 5.97 Å². The van der Waals surface area contributed by atoms with Crippen LogP contribution < -0.4 is 0 Å². The summed E-state index contributed by atoms with van der Waals surface area (Å²) in [4.78, 5) is 27.1. The Morgan fingerprint density at radius 1 is 1.36 bits per heavy atom. The summed E-state index contributed by atoms with van der Waals surface area (Å²) >= 11 is 0. The van der Waals surface area contributed by atoms with Crippen molar-refractivity contribution >= 4 is 27.9 Å². The zero-order chi connectivity index (χ0) is 20.3. The second-order valence-electron chi connectivity index (χ2n) is 6.97. The molecule has 0 aliphatic carbocycles. The lowest BCUT2D eigenvalue weighted by atomic mass is 10.2. The number of rotatable bonds is 8. The number of esters is 1. The molecular weight excluding hydrogens is 382 g/mol. The molecule has 3 heterocycles. The zero-order valence-corrected chi connectivity index (χ0v) is 16.9. The number of imidazole rings is 1. The average molecular weight is 407 g/mol. The molecule has 2 aromatic heterocycles. The minimum Gasteiger partial charge on any atom is -0.468 e.